The predicted molar refractivity (Wildman–Crippen MR) is 80.9 cm³/mol. The fraction of sp³-hybridized carbons (Fsp3) is 0.333. The van der Waals surface area contributed by atoms with Crippen LogP contribution in [-0.2, 0) is 29.2 Å². The molecule has 3 rings (SSSR count). The Morgan fingerprint density at radius 3 is 2.62 bits per heavy atom. The molecule has 0 amide bonds. The zero-order valence-corrected chi connectivity index (χ0v) is 12.7. The third-order valence-electron chi connectivity index (χ3n) is 3.69. The molecule has 5 nitrogen and oxygen atoms in total. The monoisotopic (exact) mass is 303 g/mol. The molecular formula is C15H17N3O2S. The molecule has 0 unspecified atom stereocenters. The van der Waals surface area contributed by atoms with Crippen LogP contribution in [0.5, 0.6) is 0 Å². The van der Waals surface area contributed by atoms with Gasteiger partial charge >= 0.3 is 0 Å². The highest BCUT2D eigenvalue weighted by Gasteiger charge is 2.16. The second-order valence-electron chi connectivity index (χ2n) is 5.27. The van der Waals surface area contributed by atoms with Crippen LogP contribution in [0.1, 0.15) is 23.2 Å². The standard InChI is InChI=1S/C15H17N3O2S/c1-21(19,20)12-7-5-11(6-8-12)9-16-15-13-3-2-4-14(13)17-10-18-15/h5-8,10H,2-4,9H2,1H3,(H,16,17,18). The lowest BCUT2D eigenvalue weighted by Gasteiger charge is -2.10. The van der Waals surface area contributed by atoms with E-state index in [0.717, 1.165) is 36.3 Å². The Labute approximate surface area is 124 Å². The first-order chi connectivity index (χ1) is 10.0. The molecule has 0 fully saturated rings. The average Bonchev–Trinajstić information content (AvgIpc) is 2.93. The van der Waals surface area contributed by atoms with Gasteiger partial charge in [-0.3, -0.25) is 0 Å². The molecule has 0 spiro atoms. The Morgan fingerprint density at radius 2 is 1.90 bits per heavy atom. The lowest BCUT2D eigenvalue weighted by molar-refractivity contribution is 0.602. The van der Waals surface area contributed by atoms with Gasteiger partial charge in [-0.1, -0.05) is 12.1 Å². The Balaban J connectivity index is 1.73. The van der Waals surface area contributed by atoms with Crippen molar-refractivity contribution in [2.24, 2.45) is 0 Å². The minimum Gasteiger partial charge on any atom is -0.366 e. The van der Waals surface area contributed by atoms with E-state index in [1.807, 2.05) is 12.1 Å². The van der Waals surface area contributed by atoms with E-state index in [2.05, 4.69) is 15.3 Å². The van der Waals surface area contributed by atoms with Gasteiger partial charge in [0.05, 0.1) is 4.90 Å². The molecule has 1 aromatic carbocycles. The van der Waals surface area contributed by atoms with E-state index in [-0.39, 0.29) is 0 Å². The minimum absolute atomic E-state index is 0.342. The maximum absolute atomic E-state index is 11.4. The Hall–Kier alpha value is -1.95. The van der Waals surface area contributed by atoms with Gasteiger partial charge in [-0.25, -0.2) is 18.4 Å². The fourth-order valence-corrected chi connectivity index (χ4v) is 3.18. The van der Waals surface area contributed by atoms with Crippen LogP contribution < -0.4 is 5.32 Å². The summed E-state index contributed by atoms with van der Waals surface area (Å²) in [5.74, 6) is 0.893. The molecule has 2 aromatic rings. The van der Waals surface area contributed by atoms with Gasteiger partial charge in [0.2, 0.25) is 0 Å². The van der Waals surface area contributed by atoms with Crippen LogP contribution in [0.4, 0.5) is 5.82 Å². The molecule has 0 saturated heterocycles. The number of nitrogens with zero attached hydrogens (tertiary/aromatic N) is 2. The van der Waals surface area contributed by atoms with Gasteiger partial charge in [0, 0.05) is 24.1 Å². The van der Waals surface area contributed by atoms with Crippen molar-refractivity contribution in [3.8, 4) is 0 Å². The number of hydrogen-bond donors (Lipinski definition) is 1. The Morgan fingerprint density at radius 1 is 1.14 bits per heavy atom. The number of nitrogens with one attached hydrogen (secondary N) is 1. The topological polar surface area (TPSA) is 72.0 Å². The van der Waals surface area contributed by atoms with Crippen molar-refractivity contribution in [1.82, 2.24) is 9.97 Å². The molecule has 0 atom stereocenters. The number of rotatable bonds is 4. The number of hydrogen-bond acceptors (Lipinski definition) is 5. The number of anilines is 1. The first-order valence-corrected chi connectivity index (χ1v) is 8.79. The van der Waals surface area contributed by atoms with E-state index in [1.54, 1.807) is 18.5 Å². The molecule has 1 aromatic heterocycles. The highest BCUT2D eigenvalue weighted by atomic mass is 32.2. The van der Waals surface area contributed by atoms with Gasteiger partial charge < -0.3 is 5.32 Å². The van der Waals surface area contributed by atoms with Gasteiger partial charge in [-0.05, 0) is 37.0 Å². The van der Waals surface area contributed by atoms with Crippen molar-refractivity contribution in [1.29, 1.82) is 0 Å². The Kier molecular flexibility index (Phi) is 3.63. The summed E-state index contributed by atoms with van der Waals surface area (Å²) in [5, 5.41) is 3.32. The summed E-state index contributed by atoms with van der Waals surface area (Å²) in [6.45, 7) is 0.619. The molecule has 1 aliphatic carbocycles. The maximum Gasteiger partial charge on any atom is 0.175 e. The first-order valence-electron chi connectivity index (χ1n) is 6.89. The molecule has 0 bridgehead atoms. The van der Waals surface area contributed by atoms with Crippen LogP contribution in [0, 0.1) is 0 Å². The average molecular weight is 303 g/mol. The first kappa shape index (κ1) is 14.0. The summed E-state index contributed by atoms with van der Waals surface area (Å²) in [6.07, 6.45) is 5.98. The van der Waals surface area contributed by atoms with E-state index in [1.165, 1.54) is 11.8 Å². The molecule has 110 valence electrons. The highest BCUT2D eigenvalue weighted by Crippen LogP contribution is 2.25. The van der Waals surface area contributed by atoms with Crippen molar-refractivity contribution >= 4 is 15.7 Å². The second kappa shape index (κ2) is 5.44. The quantitative estimate of drug-likeness (QED) is 0.935. The van der Waals surface area contributed by atoms with Crippen molar-refractivity contribution in [3.63, 3.8) is 0 Å². The fourth-order valence-electron chi connectivity index (χ4n) is 2.55. The van der Waals surface area contributed by atoms with Gasteiger partial charge in [0.1, 0.15) is 12.1 Å². The zero-order valence-electron chi connectivity index (χ0n) is 11.8. The van der Waals surface area contributed by atoms with Gasteiger partial charge in [-0.15, -0.1) is 0 Å². The summed E-state index contributed by atoms with van der Waals surface area (Å²) in [5.41, 5.74) is 3.37. The van der Waals surface area contributed by atoms with Crippen molar-refractivity contribution < 1.29 is 8.42 Å². The number of aryl methyl sites for hydroxylation is 1. The van der Waals surface area contributed by atoms with Gasteiger partial charge in [0.15, 0.2) is 9.84 Å². The summed E-state index contributed by atoms with van der Waals surface area (Å²) in [4.78, 5) is 8.94. The number of aromatic nitrogens is 2. The van der Waals surface area contributed by atoms with Gasteiger partial charge in [0.25, 0.3) is 0 Å². The van der Waals surface area contributed by atoms with Crippen LogP contribution >= 0.6 is 0 Å². The summed E-state index contributed by atoms with van der Waals surface area (Å²) in [6, 6.07) is 6.92. The van der Waals surface area contributed by atoms with E-state index < -0.39 is 9.84 Å². The van der Waals surface area contributed by atoms with Crippen LogP contribution in [0.25, 0.3) is 0 Å². The molecule has 6 heteroatoms. The molecular weight excluding hydrogens is 286 g/mol. The van der Waals surface area contributed by atoms with Crippen molar-refractivity contribution in [3.05, 3.63) is 47.4 Å². The van der Waals surface area contributed by atoms with Crippen LogP contribution in [0.15, 0.2) is 35.5 Å². The van der Waals surface area contributed by atoms with E-state index in [0.29, 0.717) is 11.4 Å². The lowest BCUT2D eigenvalue weighted by atomic mass is 10.2. The largest absolute Gasteiger partial charge is 0.366 e. The molecule has 1 aliphatic rings. The molecule has 21 heavy (non-hydrogen) atoms. The van der Waals surface area contributed by atoms with Crippen LogP contribution in [-0.4, -0.2) is 24.6 Å². The smallest absolute Gasteiger partial charge is 0.175 e. The predicted octanol–water partition coefficient (Wildman–Crippen LogP) is 1.98. The lowest BCUT2D eigenvalue weighted by Crippen LogP contribution is -2.06. The van der Waals surface area contributed by atoms with E-state index in [9.17, 15) is 8.42 Å². The second-order valence-corrected chi connectivity index (χ2v) is 7.29. The zero-order chi connectivity index (χ0) is 14.9. The SMILES string of the molecule is CS(=O)(=O)c1ccc(CNc2ncnc3c2CCC3)cc1. The van der Waals surface area contributed by atoms with Gasteiger partial charge in [-0.2, -0.15) is 0 Å². The van der Waals surface area contributed by atoms with E-state index in [4.69, 9.17) is 0 Å². The molecule has 0 aliphatic heterocycles. The molecule has 0 radical (unpaired) electrons. The molecule has 0 saturated carbocycles. The normalized spacial score (nSPS) is 14.0. The summed E-state index contributed by atoms with van der Waals surface area (Å²) in [7, 11) is -3.14. The minimum atomic E-state index is -3.14. The molecule has 1 N–H and O–H groups in total. The van der Waals surface area contributed by atoms with Crippen LogP contribution in [0.3, 0.4) is 0 Å². The number of fused-ring (bicyclic) bond motifs is 1. The Bertz CT molecular complexity index is 755. The van der Waals surface area contributed by atoms with Crippen molar-refractivity contribution in [2.75, 3.05) is 11.6 Å². The van der Waals surface area contributed by atoms with Crippen molar-refractivity contribution in [2.45, 2.75) is 30.7 Å². The number of sulfone groups is 1. The summed E-state index contributed by atoms with van der Waals surface area (Å²) < 4.78 is 22.8. The maximum atomic E-state index is 11.4. The number of benzene rings is 1. The highest BCUT2D eigenvalue weighted by molar-refractivity contribution is 7.90. The van der Waals surface area contributed by atoms with Crippen LogP contribution in [0.2, 0.25) is 0 Å². The van der Waals surface area contributed by atoms with E-state index >= 15 is 0 Å². The third kappa shape index (κ3) is 3.05. The summed E-state index contributed by atoms with van der Waals surface area (Å²) >= 11 is 0. The third-order valence-corrected chi connectivity index (χ3v) is 4.81. The molecule has 1 heterocycles.